The number of carbonyl (C=O) groups is 1. The smallest absolute Gasteiger partial charge is 0.418 e. The van der Waals surface area contributed by atoms with Crippen LogP contribution in [0.1, 0.15) is 11.1 Å². The van der Waals surface area contributed by atoms with Crippen LogP contribution < -0.4 is 15.4 Å². The number of methoxy groups -OCH3 is 1. The van der Waals surface area contributed by atoms with E-state index in [4.69, 9.17) is 16.3 Å². The standard InChI is InChI=1S/C18H18ClF3N2O2/c1-26-14-5-2-12(3-6-14)8-9-23-17(25)11-24-16-7-4-13(19)10-15(16)18(20,21)22/h2-7,10,24H,8-9,11H2,1H3,(H,23,25). The van der Waals surface area contributed by atoms with Gasteiger partial charge in [0.1, 0.15) is 5.75 Å². The molecule has 26 heavy (non-hydrogen) atoms. The Labute approximate surface area is 154 Å². The molecular weight excluding hydrogens is 369 g/mol. The van der Waals surface area contributed by atoms with Crippen molar-refractivity contribution in [3.8, 4) is 5.75 Å². The summed E-state index contributed by atoms with van der Waals surface area (Å²) >= 11 is 5.62. The van der Waals surface area contributed by atoms with Crippen LogP contribution in [0, 0.1) is 0 Å². The van der Waals surface area contributed by atoms with Crippen molar-refractivity contribution in [1.29, 1.82) is 0 Å². The lowest BCUT2D eigenvalue weighted by atomic mass is 10.1. The highest BCUT2D eigenvalue weighted by Crippen LogP contribution is 2.36. The average Bonchev–Trinajstić information content (AvgIpc) is 2.60. The zero-order valence-electron chi connectivity index (χ0n) is 14.0. The van der Waals surface area contributed by atoms with Gasteiger partial charge in [-0.05, 0) is 42.3 Å². The normalized spacial score (nSPS) is 11.1. The molecule has 0 aliphatic carbocycles. The number of nitrogens with one attached hydrogen (secondary N) is 2. The number of amides is 1. The Kier molecular flexibility index (Phi) is 6.74. The molecule has 1 amide bonds. The van der Waals surface area contributed by atoms with Gasteiger partial charge in [-0.3, -0.25) is 4.79 Å². The maximum absolute atomic E-state index is 13.0. The van der Waals surface area contributed by atoms with Crippen molar-refractivity contribution in [3.05, 3.63) is 58.6 Å². The SMILES string of the molecule is COc1ccc(CCNC(=O)CNc2ccc(Cl)cc2C(F)(F)F)cc1. The second-order valence-electron chi connectivity index (χ2n) is 5.49. The van der Waals surface area contributed by atoms with Gasteiger partial charge in [-0.1, -0.05) is 23.7 Å². The van der Waals surface area contributed by atoms with Crippen LogP contribution in [0.5, 0.6) is 5.75 Å². The first-order valence-electron chi connectivity index (χ1n) is 7.80. The highest BCUT2D eigenvalue weighted by molar-refractivity contribution is 6.30. The van der Waals surface area contributed by atoms with Gasteiger partial charge in [0.15, 0.2) is 0 Å². The Morgan fingerprint density at radius 3 is 2.46 bits per heavy atom. The van der Waals surface area contributed by atoms with E-state index in [1.165, 1.54) is 12.1 Å². The van der Waals surface area contributed by atoms with E-state index in [-0.39, 0.29) is 17.3 Å². The molecule has 0 saturated heterocycles. The lowest BCUT2D eigenvalue weighted by Gasteiger charge is -2.15. The first-order chi connectivity index (χ1) is 12.3. The van der Waals surface area contributed by atoms with Gasteiger partial charge in [0.05, 0.1) is 19.2 Å². The summed E-state index contributed by atoms with van der Waals surface area (Å²) in [5.41, 5.74) is -0.0839. The minimum atomic E-state index is -4.56. The van der Waals surface area contributed by atoms with Crippen molar-refractivity contribution < 1.29 is 22.7 Å². The van der Waals surface area contributed by atoms with Gasteiger partial charge >= 0.3 is 6.18 Å². The average molecular weight is 387 g/mol. The van der Waals surface area contributed by atoms with E-state index in [0.717, 1.165) is 17.4 Å². The second-order valence-corrected chi connectivity index (χ2v) is 5.93. The van der Waals surface area contributed by atoms with Crippen LogP contribution in [-0.4, -0.2) is 26.1 Å². The molecule has 2 aromatic carbocycles. The largest absolute Gasteiger partial charge is 0.497 e. The lowest BCUT2D eigenvalue weighted by Crippen LogP contribution is -2.31. The monoisotopic (exact) mass is 386 g/mol. The van der Waals surface area contributed by atoms with E-state index < -0.39 is 17.6 Å². The molecule has 0 aliphatic heterocycles. The van der Waals surface area contributed by atoms with E-state index in [1.54, 1.807) is 7.11 Å². The molecule has 0 aromatic heterocycles. The maximum Gasteiger partial charge on any atom is 0.418 e. The molecule has 8 heteroatoms. The fourth-order valence-electron chi connectivity index (χ4n) is 2.28. The molecule has 0 fully saturated rings. The molecule has 0 radical (unpaired) electrons. The van der Waals surface area contributed by atoms with E-state index in [9.17, 15) is 18.0 Å². The molecule has 0 aliphatic rings. The minimum absolute atomic E-state index is 0.0215. The molecule has 0 unspecified atom stereocenters. The highest BCUT2D eigenvalue weighted by Gasteiger charge is 2.33. The van der Waals surface area contributed by atoms with Crippen molar-refractivity contribution in [3.63, 3.8) is 0 Å². The Bertz CT molecular complexity index is 749. The lowest BCUT2D eigenvalue weighted by molar-refractivity contribution is -0.137. The van der Waals surface area contributed by atoms with Gasteiger partial charge in [0.2, 0.25) is 5.91 Å². The number of hydrogen-bond acceptors (Lipinski definition) is 3. The Morgan fingerprint density at radius 1 is 1.15 bits per heavy atom. The van der Waals surface area contributed by atoms with Crippen LogP contribution in [0.15, 0.2) is 42.5 Å². The summed E-state index contributed by atoms with van der Waals surface area (Å²) in [5.74, 6) is 0.340. The molecule has 140 valence electrons. The van der Waals surface area contributed by atoms with Crippen LogP contribution >= 0.6 is 11.6 Å². The third kappa shape index (κ3) is 5.84. The van der Waals surface area contributed by atoms with Crippen LogP contribution in [-0.2, 0) is 17.4 Å². The number of hydrogen-bond donors (Lipinski definition) is 2. The molecular formula is C18H18ClF3N2O2. The molecule has 0 saturated carbocycles. The minimum Gasteiger partial charge on any atom is -0.497 e. The number of benzene rings is 2. The molecule has 0 atom stereocenters. The third-order valence-corrected chi connectivity index (χ3v) is 3.86. The zero-order chi connectivity index (χ0) is 19.2. The summed E-state index contributed by atoms with van der Waals surface area (Å²) in [6, 6.07) is 10.8. The van der Waals surface area contributed by atoms with Gasteiger partial charge in [0, 0.05) is 17.3 Å². The summed E-state index contributed by atoms with van der Waals surface area (Å²) in [6.45, 7) is 0.104. The van der Waals surface area contributed by atoms with Gasteiger partial charge in [-0.15, -0.1) is 0 Å². The van der Waals surface area contributed by atoms with Crippen LogP contribution in [0.25, 0.3) is 0 Å². The Morgan fingerprint density at radius 2 is 1.85 bits per heavy atom. The van der Waals surface area contributed by atoms with Crippen molar-refractivity contribution in [1.82, 2.24) is 5.32 Å². The zero-order valence-corrected chi connectivity index (χ0v) is 14.7. The Hall–Kier alpha value is -2.41. The highest BCUT2D eigenvalue weighted by atomic mass is 35.5. The fraction of sp³-hybridized carbons (Fsp3) is 0.278. The fourth-order valence-corrected chi connectivity index (χ4v) is 2.45. The number of ether oxygens (including phenoxy) is 1. The van der Waals surface area contributed by atoms with Crippen molar-refractivity contribution in [2.75, 3.05) is 25.5 Å². The number of anilines is 1. The third-order valence-electron chi connectivity index (χ3n) is 3.62. The topological polar surface area (TPSA) is 50.4 Å². The summed E-state index contributed by atoms with van der Waals surface area (Å²) < 4.78 is 44.0. The van der Waals surface area contributed by atoms with Crippen LogP contribution in [0.2, 0.25) is 5.02 Å². The number of halogens is 4. The molecule has 2 N–H and O–H groups in total. The van der Waals surface area contributed by atoms with E-state index in [1.807, 2.05) is 24.3 Å². The predicted octanol–water partition coefficient (Wildman–Crippen LogP) is 4.14. The van der Waals surface area contributed by atoms with Gasteiger partial charge in [-0.25, -0.2) is 0 Å². The Balaban J connectivity index is 1.83. The summed E-state index contributed by atoms with van der Waals surface area (Å²) in [6.07, 6.45) is -3.96. The molecule has 0 heterocycles. The second kappa shape index (κ2) is 8.80. The van der Waals surface area contributed by atoms with E-state index in [0.29, 0.717) is 13.0 Å². The first-order valence-corrected chi connectivity index (χ1v) is 8.17. The van der Waals surface area contributed by atoms with Gasteiger partial charge in [0.25, 0.3) is 0 Å². The van der Waals surface area contributed by atoms with Crippen molar-refractivity contribution in [2.24, 2.45) is 0 Å². The van der Waals surface area contributed by atoms with Crippen LogP contribution in [0.3, 0.4) is 0 Å². The number of rotatable bonds is 7. The summed E-state index contributed by atoms with van der Waals surface area (Å²) in [7, 11) is 1.58. The summed E-state index contributed by atoms with van der Waals surface area (Å²) in [4.78, 5) is 11.8. The summed E-state index contributed by atoms with van der Waals surface area (Å²) in [5, 5.41) is 5.14. The van der Waals surface area contributed by atoms with Gasteiger partial charge < -0.3 is 15.4 Å². The number of carbonyl (C=O) groups excluding carboxylic acids is 1. The van der Waals surface area contributed by atoms with E-state index >= 15 is 0 Å². The van der Waals surface area contributed by atoms with Crippen molar-refractivity contribution in [2.45, 2.75) is 12.6 Å². The van der Waals surface area contributed by atoms with Crippen LogP contribution in [0.4, 0.5) is 18.9 Å². The quantitative estimate of drug-likeness (QED) is 0.752. The molecule has 2 aromatic rings. The molecule has 2 rings (SSSR count). The van der Waals surface area contributed by atoms with E-state index in [2.05, 4.69) is 10.6 Å². The maximum atomic E-state index is 13.0. The molecule has 0 bridgehead atoms. The predicted molar refractivity (Wildman–Crippen MR) is 94.7 cm³/mol. The molecule has 4 nitrogen and oxygen atoms in total. The molecule has 0 spiro atoms. The number of alkyl halides is 3. The van der Waals surface area contributed by atoms with Gasteiger partial charge in [-0.2, -0.15) is 13.2 Å². The first kappa shape index (κ1) is 19.9. The van der Waals surface area contributed by atoms with Crippen molar-refractivity contribution >= 4 is 23.2 Å².